The van der Waals surface area contributed by atoms with Crippen LogP contribution >= 0.6 is 0 Å². The van der Waals surface area contributed by atoms with Gasteiger partial charge in [0.05, 0.1) is 18.2 Å². The number of benzene rings is 2. The molecular formula is C25H22F2N4O2. The number of carbonyl (C=O) groups excluding carboxylic acids is 2. The van der Waals surface area contributed by atoms with Crippen molar-refractivity contribution >= 4 is 17.6 Å². The van der Waals surface area contributed by atoms with Crippen molar-refractivity contribution in [1.29, 1.82) is 0 Å². The standard InChI is InChI=1S/C25H22F2N4O2/c1-4-25(19-15-28-29(2)16-19)14-22(32)31(24(33)30(25)3)23-20(26)12-18(13-21(23)27)11-10-17-8-6-5-7-9-17/h5-9,12-13,15-16H,4,14H2,1-3H3/t25-/m0/s1. The molecule has 1 aliphatic rings. The van der Waals surface area contributed by atoms with E-state index in [0.717, 1.165) is 12.1 Å². The van der Waals surface area contributed by atoms with E-state index in [1.54, 1.807) is 48.4 Å². The summed E-state index contributed by atoms with van der Waals surface area (Å²) in [6.45, 7) is 1.85. The van der Waals surface area contributed by atoms with Gasteiger partial charge >= 0.3 is 6.03 Å². The third-order valence-corrected chi connectivity index (χ3v) is 6.01. The minimum Gasteiger partial charge on any atom is -0.317 e. The van der Waals surface area contributed by atoms with Crippen LogP contribution in [0.3, 0.4) is 0 Å². The molecule has 0 aliphatic carbocycles. The van der Waals surface area contributed by atoms with Crippen molar-refractivity contribution in [2.45, 2.75) is 25.3 Å². The molecule has 33 heavy (non-hydrogen) atoms. The zero-order valence-corrected chi connectivity index (χ0v) is 18.5. The molecule has 2 heterocycles. The van der Waals surface area contributed by atoms with E-state index in [9.17, 15) is 9.59 Å². The molecule has 1 fully saturated rings. The lowest BCUT2D eigenvalue weighted by atomic mass is 9.82. The quantitative estimate of drug-likeness (QED) is 0.565. The normalized spacial score (nSPS) is 18.3. The first kappa shape index (κ1) is 22.2. The molecule has 1 aliphatic heterocycles. The van der Waals surface area contributed by atoms with Crippen molar-refractivity contribution in [3.05, 3.63) is 83.2 Å². The lowest BCUT2D eigenvalue weighted by molar-refractivity contribution is -0.122. The van der Waals surface area contributed by atoms with Gasteiger partial charge in [0.1, 0.15) is 5.69 Å². The number of carbonyl (C=O) groups is 2. The van der Waals surface area contributed by atoms with Gasteiger partial charge < -0.3 is 4.90 Å². The highest BCUT2D eigenvalue weighted by Crippen LogP contribution is 2.41. The number of aryl methyl sites for hydroxylation is 1. The first-order chi connectivity index (χ1) is 15.8. The summed E-state index contributed by atoms with van der Waals surface area (Å²) in [4.78, 5) is 28.3. The highest BCUT2D eigenvalue weighted by atomic mass is 19.1. The monoisotopic (exact) mass is 448 g/mol. The van der Waals surface area contributed by atoms with Crippen molar-refractivity contribution in [2.75, 3.05) is 11.9 Å². The van der Waals surface area contributed by atoms with Crippen LogP contribution in [0.15, 0.2) is 54.9 Å². The van der Waals surface area contributed by atoms with E-state index >= 15 is 8.78 Å². The average Bonchev–Trinajstić information content (AvgIpc) is 3.24. The molecule has 6 nitrogen and oxygen atoms in total. The second-order valence-corrected chi connectivity index (χ2v) is 7.94. The Kier molecular flexibility index (Phi) is 5.73. The first-order valence-corrected chi connectivity index (χ1v) is 10.4. The largest absolute Gasteiger partial charge is 0.332 e. The second-order valence-electron chi connectivity index (χ2n) is 7.94. The topological polar surface area (TPSA) is 58.4 Å². The van der Waals surface area contributed by atoms with Crippen molar-refractivity contribution < 1.29 is 18.4 Å². The predicted molar refractivity (Wildman–Crippen MR) is 119 cm³/mol. The van der Waals surface area contributed by atoms with Gasteiger partial charge in [0, 0.05) is 37.0 Å². The molecule has 8 heteroatoms. The van der Waals surface area contributed by atoms with Gasteiger partial charge in [0.15, 0.2) is 11.6 Å². The van der Waals surface area contributed by atoms with Crippen LogP contribution in [-0.4, -0.2) is 33.7 Å². The molecule has 2 aromatic carbocycles. The van der Waals surface area contributed by atoms with Gasteiger partial charge in [-0.25, -0.2) is 18.5 Å². The second kappa shape index (κ2) is 8.51. The molecule has 3 aromatic rings. The van der Waals surface area contributed by atoms with Crippen LogP contribution in [0.1, 0.15) is 36.5 Å². The summed E-state index contributed by atoms with van der Waals surface area (Å²) in [5.41, 5.74) is -0.174. The Balaban J connectivity index is 1.69. The Morgan fingerprint density at radius 3 is 2.24 bits per heavy atom. The molecule has 168 valence electrons. The maximum absolute atomic E-state index is 15.0. The zero-order chi connectivity index (χ0) is 23.8. The molecule has 0 radical (unpaired) electrons. The van der Waals surface area contributed by atoms with E-state index in [2.05, 4.69) is 16.9 Å². The summed E-state index contributed by atoms with van der Waals surface area (Å²) in [6.07, 6.45) is 3.63. The van der Waals surface area contributed by atoms with Crippen LogP contribution in [0.4, 0.5) is 19.3 Å². The van der Waals surface area contributed by atoms with Crippen molar-refractivity contribution in [2.24, 2.45) is 7.05 Å². The molecule has 0 N–H and O–H groups in total. The fraction of sp³-hybridized carbons (Fsp3) is 0.240. The van der Waals surface area contributed by atoms with E-state index in [0.29, 0.717) is 22.4 Å². The van der Waals surface area contributed by atoms with E-state index in [1.807, 2.05) is 13.0 Å². The summed E-state index contributed by atoms with van der Waals surface area (Å²) in [7, 11) is 3.26. The minimum atomic E-state index is -1.03. The number of rotatable bonds is 3. The van der Waals surface area contributed by atoms with Gasteiger partial charge in [-0.15, -0.1) is 0 Å². The maximum Gasteiger partial charge on any atom is 0.332 e. The Labute approximate surface area is 190 Å². The minimum absolute atomic E-state index is 0.0983. The third kappa shape index (κ3) is 3.87. The number of amides is 3. The molecule has 3 amide bonds. The van der Waals surface area contributed by atoms with Crippen LogP contribution in [0.5, 0.6) is 0 Å². The van der Waals surface area contributed by atoms with Gasteiger partial charge in [-0.1, -0.05) is 37.0 Å². The zero-order valence-electron chi connectivity index (χ0n) is 18.5. The number of aromatic nitrogens is 2. The summed E-state index contributed by atoms with van der Waals surface area (Å²) in [6, 6.07) is 10.2. The summed E-state index contributed by atoms with van der Waals surface area (Å²) in [5, 5.41) is 4.14. The smallest absolute Gasteiger partial charge is 0.317 e. The molecule has 0 spiro atoms. The molecule has 4 rings (SSSR count). The van der Waals surface area contributed by atoms with Crippen molar-refractivity contribution in [3.8, 4) is 11.8 Å². The number of nitrogens with zero attached hydrogens (tertiary/aromatic N) is 4. The van der Waals surface area contributed by atoms with E-state index in [1.165, 1.54) is 11.9 Å². The van der Waals surface area contributed by atoms with E-state index < -0.39 is 34.8 Å². The van der Waals surface area contributed by atoms with Gasteiger partial charge in [-0.3, -0.25) is 9.48 Å². The number of hydrogen-bond acceptors (Lipinski definition) is 3. The van der Waals surface area contributed by atoms with Crippen molar-refractivity contribution in [1.82, 2.24) is 14.7 Å². The average molecular weight is 448 g/mol. The molecule has 1 saturated heterocycles. The highest BCUT2D eigenvalue weighted by molar-refractivity contribution is 6.16. The Hall–Kier alpha value is -3.99. The van der Waals surface area contributed by atoms with Gasteiger partial charge in [0.2, 0.25) is 5.91 Å². The fourth-order valence-electron chi connectivity index (χ4n) is 4.15. The number of imide groups is 1. The highest BCUT2D eigenvalue weighted by Gasteiger charge is 2.50. The molecule has 0 bridgehead atoms. The summed E-state index contributed by atoms with van der Waals surface area (Å²) in [5.74, 6) is 2.78. The van der Waals surface area contributed by atoms with Crippen LogP contribution in [-0.2, 0) is 17.4 Å². The van der Waals surface area contributed by atoms with Gasteiger partial charge in [0.25, 0.3) is 0 Å². The van der Waals surface area contributed by atoms with Gasteiger partial charge in [-0.05, 0) is 30.7 Å². The number of anilines is 1. The number of hydrogen-bond donors (Lipinski definition) is 0. The van der Waals surface area contributed by atoms with Crippen LogP contribution < -0.4 is 4.90 Å². The maximum atomic E-state index is 15.0. The molecule has 1 aromatic heterocycles. The van der Waals surface area contributed by atoms with Crippen LogP contribution in [0.25, 0.3) is 0 Å². The molecule has 0 saturated carbocycles. The summed E-state index contributed by atoms with van der Waals surface area (Å²) < 4.78 is 31.6. The molecule has 1 atom stereocenters. The SMILES string of the molecule is CC[C@@]1(c2cnn(C)c2)CC(=O)N(c2c(F)cc(C#Cc3ccccc3)cc2F)C(=O)N1C. The van der Waals surface area contributed by atoms with Crippen LogP contribution in [0, 0.1) is 23.5 Å². The first-order valence-electron chi connectivity index (χ1n) is 10.4. The van der Waals surface area contributed by atoms with Crippen molar-refractivity contribution in [3.63, 3.8) is 0 Å². The third-order valence-electron chi connectivity index (χ3n) is 6.01. The lowest BCUT2D eigenvalue weighted by Crippen LogP contribution is -2.61. The van der Waals surface area contributed by atoms with E-state index in [4.69, 9.17) is 0 Å². The van der Waals surface area contributed by atoms with Crippen LogP contribution in [0.2, 0.25) is 0 Å². The molecule has 0 unspecified atom stereocenters. The Morgan fingerprint density at radius 1 is 1.03 bits per heavy atom. The van der Waals surface area contributed by atoms with Gasteiger partial charge in [-0.2, -0.15) is 5.10 Å². The lowest BCUT2D eigenvalue weighted by Gasteiger charge is -2.46. The summed E-state index contributed by atoms with van der Waals surface area (Å²) >= 11 is 0. The number of halogens is 2. The van der Waals surface area contributed by atoms with E-state index in [-0.39, 0.29) is 12.0 Å². The molecular weight excluding hydrogens is 426 g/mol. The fourth-order valence-corrected chi connectivity index (χ4v) is 4.15. The Bertz CT molecular complexity index is 1270. The Morgan fingerprint density at radius 2 is 1.67 bits per heavy atom. The predicted octanol–water partition coefficient (Wildman–Crippen LogP) is 4.19. The number of urea groups is 1.